The highest BCUT2D eigenvalue weighted by Crippen LogP contribution is 2.36. The highest BCUT2D eigenvalue weighted by atomic mass is 32.1. The van der Waals surface area contributed by atoms with E-state index in [0.717, 1.165) is 35.3 Å². The van der Waals surface area contributed by atoms with Crippen molar-refractivity contribution in [2.45, 2.75) is 51.1 Å². The minimum absolute atomic E-state index is 0.0434. The molecule has 4 nitrogen and oxygen atoms in total. The Morgan fingerprint density at radius 2 is 2.12 bits per heavy atom. The number of aryl methyl sites for hydroxylation is 3. The molecule has 0 amide bonds. The molecule has 2 aliphatic carbocycles. The smallest absolute Gasteiger partial charge is 0.259 e. The number of nitrogens with zero attached hydrogens (tertiary/aromatic N) is 2. The van der Waals surface area contributed by atoms with E-state index in [9.17, 15) is 4.79 Å². The van der Waals surface area contributed by atoms with E-state index in [1.165, 1.54) is 40.8 Å². The van der Waals surface area contributed by atoms with Gasteiger partial charge < -0.3 is 4.98 Å². The Kier molecular flexibility index (Phi) is 3.94. The van der Waals surface area contributed by atoms with Crippen LogP contribution in [0.4, 0.5) is 0 Å². The fourth-order valence-corrected chi connectivity index (χ4v) is 5.94. The third-order valence-corrected chi connectivity index (χ3v) is 7.08. The largest absolute Gasteiger partial charge is 0.309 e. The summed E-state index contributed by atoms with van der Waals surface area (Å²) in [6, 6.07) is 9.15. The number of aromatic amines is 1. The van der Waals surface area contributed by atoms with E-state index in [1.54, 1.807) is 11.3 Å². The minimum Gasteiger partial charge on any atom is -0.309 e. The summed E-state index contributed by atoms with van der Waals surface area (Å²) in [5.74, 6) is 0.785. The third-order valence-electron chi connectivity index (χ3n) is 5.89. The van der Waals surface area contributed by atoms with Crippen LogP contribution in [0.25, 0.3) is 10.2 Å². The van der Waals surface area contributed by atoms with Gasteiger partial charge in [-0.15, -0.1) is 11.3 Å². The van der Waals surface area contributed by atoms with E-state index < -0.39 is 0 Å². The fourth-order valence-electron chi connectivity index (χ4n) is 4.65. The highest BCUT2D eigenvalue weighted by molar-refractivity contribution is 7.18. The maximum absolute atomic E-state index is 12.7. The molecule has 1 N–H and O–H groups in total. The van der Waals surface area contributed by atoms with Crippen molar-refractivity contribution >= 4 is 21.6 Å². The van der Waals surface area contributed by atoms with Crippen LogP contribution in [-0.4, -0.2) is 21.9 Å². The van der Waals surface area contributed by atoms with E-state index in [-0.39, 0.29) is 5.56 Å². The molecule has 1 unspecified atom stereocenters. The second kappa shape index (κ2) is 6.32. The molecule has 0 saturated carbocycles. The van der Waals surface area contributed by atoms with Crippen molar-refractivity contribution in [3.63, 3.8) is 0 Å². The molecule has 2 heterocycles. The number of fused-ring (bicyclic) bond motifs is 4. The molecule has 0 bridgehead atoms. The van der Waals surface area contributed by atoms with Gasteiger partial charge in [-0.1, -0.05) is 24.3 Å². The summed E-state index contributed by atoms with van der Waals surface area (Å²) >= 11 is 1.72. The Balaban J connectivity index is 1.46. The first-order valence-electron chi connectivity index (χ1n) is 9.52. The van der Waals surface area contributed by atoms with Gasteiger partial charge in [-0.2, -0.15) is 0 Å². The summed E-state index contributed by atoms with van der Waals surface area (Å²) in [6.07, 6.45) is 6.84. The molecule has 0 radical (unpaired) electrons. The first-order chi connectivity index (χ1) is 12.7. The Bertz CT molecular complexity index is 1040. The zero-order valence-corrected chi connectivity index (χ0v) is 15.9. The number of aromatic nitrogens is 2. The summed E-state index contributed by atoms with van der Waals surface area (Å²) in [6.45, 7) is 0.673. The van der Waals surface area contributed by atoms with Crippen molar-refractivity contribution in [1.29, 1.82) is 0 Å². The molecule has 0 aliphatic heterocycles. The first-order valence-corrected chi connectivity index (χ1v) is 10.3. The molecule has 0 spiro atoms. The number of nitrogens with one attached hydrogen (secondary N) is 1. The van der Waals surface area contributed by atoms with Crippen molar-refractivity contribution in [3.8, 4) is 0 Å². The predicted octanol–water partition coefficient (Wildman–Crippen LogP) is 3.98. The number of benzene rings is 1. The second-order valence-electron chi connectivity index (χ2n) is 7.57. The Morgan fingerprint density at radius 3 is 3.04 bits per heavy atom. The Labute approximate surface area is 156 Å². The molecule has 134 valence electrons. The van der Waals surface area contributed by atoms with E-state index in [2.05, 4.69) is 41.2 Å². The molecule has 5 heteroatoms. The van der Waals surface area contributed by atoms with Crippen LogP contribution in [-0.2, 0) is 25.8 Å². The number of thiophene rings is 1. The van der Waals surface area contributed by atoms with Crippen LogP contribution in [0.3, 0.4) is 0 Å². The van der Waals surface area contributed by atoms with Gasteiger partial charge in [-0.05, 0) is 62.3 Å². The van der Waals surface area contributed by atoms with Crippen LogP contribution in [0.5, 0.6) is 0 Å². The summed E-state index contributed by atoms with van der Waals surface area (Å²) in [5, 5.41) is 0.844. The van der Waals surface area contributed by atoms with Crippen LogP contribution >= 0.6 is 11.3 Å². The molecule has 3 aromatic rings. The van der Waals surface area contributed by atoms with E-state index in [0.29, 0.717) is 12.6 Å². The average Bonchev–Trinajstić information content (AvgIpc) is 3.21. The van der Waals surface area contributed by atoms with Gasteiger partial charge in [0.25, 0.3) is 5.56 Å². The van der Waals surface area contributed by atoms with Gasteiger partial charge in [0.05, 0.1) is 11.9 Å². The van der Waals surface area contributed by atoms with Crippen LogP contribution < -0.4 is 5.56 Å². The Hall–Kier alpha value is -1.98. The second-order valence-corrected chi connectivity index (χ2v) is 8.66. The first kappa shape index (κ1) is 16.2. The van der Waals surface area contributed by atoms with Gasteiger partial charge in [0.2, 0.25) is 0 Å². The molecule has 1 aromatic carbocycles. The maximum Gasteiger partial charge on any atom is 0.259 e. The van der Waals surface area contributed by atoms with Gasteiger partial charge in [-0.25, -0.2) is 4.98 Å². The SMILES string of the molecule is CN(Cc1nc2sc3c(c2c(=O)[nH]1)CCC3)C1CCCc2ccccc21. The molecular formula is C21H23N3OS. The van der Waals surface area contributed by atoms with Gasteiger partial charge in [0.1, 0.15) is 10.7 Å². The van der Waals surface area contributed by atoms with Gasteiger partial charge in [0.15, 0.2) is 0 Å². The zero-order valence-electron chi connectivity index (χ0n) is 15.0. The number of hydrogen-bond acceptors (Lipinski definition) is 4. The van der Waals surface area contributed by atoms with E-state index in [1.807, 2.05) is 0 Å². The summed E-state index contributed by atoms with van der Waals surface area (Å²) in [4.78, 5) is 25.2. The molecule has 2 aromatic heterocycles. The van der Waals surface area contributed by atoms with Gasteiger partial charge >= 0.3 is 0 Å². The lowest BCUT2D eigenvalue weighted by atomic mass is 9.87. The topological polar surface area (TPSA) is 49.0 Å². The zero-order chi connectivity index (χ0) is 17.7. The molecule has 26 heavy (non-hydrogen) atoms. The third kappa shape index (κ3) is 2.61. The summed E-state index contributed by atoms with van der Waals surface area (Å²) < 4.78 is 0. The van der Waals surface area contributed by atoms with Crippen LogP contribution in [0, 0.1) is 0 Å². The summed E-state index contributed by atoms with van der Waals surface area (Å²) in [5.41, 5.74) is 4.18. The van der Waals surface area contributed by atoms with Crippen molar-refractivity contribution in [2.75, 3.05) is 7.05 Å². The lowest BCUT2D eigenvalue weighted by Crippen LogP contribution is -2.29. The molecule has 0 saturated heterocycles. The number of H-pyrrole nitrogens is 1. The monoisotopic (exact) mass is 365 g/mol. The standard InChI is InChI=1S/C21H23N3OS/c1-24(16-10-4-7-13-6-2-3-8-14(13)16)12-18-22-20(25)19-15-9-5-11-17(15)26-21(19)23-18/h2-3,6,8,16H,4-5,7,9-12H2,1H3,(H,22,23,25). The molecule has 2 aliphatic rings. The van der Waals surface area contributed by atoms with Gasteiger partial charge in [0, 0.05) is 10.9 Å². The molecular weight excluding hydrogens is 342 g/mol. The van der Waals surface area contributed by atoms with E-state index in [4.69, 9.17) is 4.98 Å². The summed E-state index contributed by atoms with van der Waals surface area (Å²) in [7, 11) is 2.14. The molecule has 0 fully saturated rings. The van der Waals surface area contributed by atoms with Crippen LogP contribution in [0.1, 0.15) is 52.7 Å². The number of hydrogen-bond donors (Lipinski definition) is 1. The van der Waals surface area contributed by atoms with Crippen molar-refractivity contribution in [2.24, 2.45) is 0 Å². The maximum atomic E-state index is 12.7. The van der Waals surface area contributed by atoms with Crippen molar-refractivity contribution < 1.29 is 0 Å². The predicted molar refractivity (Wildman–Crippen MR) is 106 cm³/mol. The number of rotatable bonds is 3. The molecule has 1 atom stereocenters. The lowest BCUT2D eigenvalue weighted by molar-refractivity contribution is 0.208. The molecule has 5 rings (SSSR count). The van der Waals surface area contributed by atoms with E-state index >= 15 is 0 Å². The fraction of sp³-hybridized carbons (Fsp3) is 0.429. The van der Waals surface area contributed by atoms with Crippen LogP contribution in [0.15, 0.2) is 29.1 Å². The minimum atomic E-state index is 0.0434. The lowest BCUT2D eigenvalue weighted by Gasteiger charge is -2.33. The highest BCUT2D eigenvalue weighted by Gasteiger charge is 2.25. The Morgan fingerprint density at radius 1 is 1.23 bits per heavy atom. The van der Waals surface area contributed by atoms with Crippen molar-refractivity contribution in [3.05, 3.63) is 62.0 Å². The normalized spacial score (nSPS) is 19.1. The van der Waals surface area contributed by atoms with Crippen LogP contribution in [0.2, 0.25) is 0 Å². The van der Waals surface area contributed by atoms with Crippen molar-refractivity contribution in [1.82, 2.24) is 14.9 Å². The average molecular weight is 366 g/mol. The quantitative estimate of drug-likeness (QED) is 0.764. The van der Waals surface area contributed by atoms with Gasteiger partial charge in [-0.3, -0.25) is 9.69 Å².